The van der Waals surface area contributed by atoms with Gasteiger partial charge in [0.1, 0.15) is 29.4 Å². The fourth-order valence-corrected chi connectivity index (χ4v) is 5.91. The van der Waals surface area contributed by atoms with Gasteiger partial charge in [-0.15, -0.1) is 0 Å². The Balaban J connectivity index is 1.71. The van der Waals surface area contributed by atoms with E-state index in [4.69, 9.17) is 16.3 Å². The predicted molar refractivity (Wildman–Crippen MR) is 155 cm³/mol. The van der Waals surface area contributed by atoms with E-state index in [0.717, 1.165) is 4.47 Å². The van der Waals surface area contributed by atoms with Gasteiger partial charge in [-0.3, -0.25) is 19.3 Å². The molecule has 0 radical (unpaired) electrons. The number of ketones is 1. The Bertz CT molecular complexity index is 1580. The number of ether oxygens (including phenoxy) is 1. The lowest BCUT2D eigenvalue weighted by Gasteiger charge is -2.37. The number of Topliss-reactive ketones (excluding diaryl/α,β-unsaturated/α-hetero) is 1. The number of hydrogen-bond acceptors (Lipinski definition) is 6. The molecule has 1 heterocycles. The third kappa shape index (κ3) is 5.31. The molecule has 0 fully saturated rings. The van der Waals surface area contributed by atoms with Crippen LogP contribution in [0.15, 0.2) is 76.4 Å². The van der Waals surface area contributed by atoms with Crippen molar-refractivity contribution in [3.8, 4) is 17.2 Å². The van der Waals surface area contributed by atoms with E-state index in [9.17, 15) is 24.6 Å². The molecule has 0 saturated heterocycles. The molecule has 8 nitrogen and oxygen atoms in total. The topological polar surface area (TPSA) is 116 Å². The minimum atomic E-state index is -1.32. The molecule has 0 spiro atoms. The number of nitrogens with zero attached hydrogens (tertiary/aromatic N) is 1. The molecule has 206 valence electrons. The van der Waals surface area contributed by atoms with Crippen molar-refractivity contribution in [2.24, 2.45) is 5.41 Å². The van der Waals surface area contributed by atoms with Gasteiger partial charge in [-0.1, -0.05) is 49.7 Å². The lowest BCUT2D eigenvalue weighted by atomic mass is 9.73. The van der Waals surface area contributed by atoms with Crippen LogP contribution in [0.5, 0.6) is 17.2 Å². The molecule has 1 atom stereocenters. The van der Waals surface area contributed by atoms with E-state index in [-0.39, 0.29) is 39.8 Å². The highest BCUT2D eigenvalue weighted by Gasteiger charge is 2.44. The molecule has 40 heavy (non-hydrogen) atoms. The number of carbonyl (C=O) groups excluding carboxylic acids is 2. The molecule has 3 aromatic carbocycles. The zero-order valence-corrected chi connectivity index (χ0v) is 24.0. The molecule has 0 bridgehead atoms. The number of anilines is 2. The third-order valence-corrected chi connectivity index (χ3v) is 7.89. The number of benzene rings is 3. The lowest BCUT2D eigenvalue weighted by molar-refractivity contribution is -0.140. The van der Waals surface area contributed by atoms with Crippen molar-refractivity contribution in [1.29, 1.82) is 0 Å². The van der Waals surface area contributed by atoms with Gasteiger partial charge in [-0.05, 0) is 69.7 Å². The number of carboxylic acid groups (broad SMARTS) is 1. The van der Waals surface area contributed by atoms with Crippen LogP contribution in [0.2, 0.25) is 5.02 Å². The number of allylic oxidation sites excluding steroid dienone is 1. The summed E-state index contributed by atoms with van der Waals surface area (Å²) in [5, 5.41) is 23.7. The Hall–Kier alpha value is -3.82. The summed E-state index contributed by atoms with van der Waals surface area (Å²) in [6, 6.07) is 15.8. The second-order valence-corrected chi connectivity index (χ2v) is 11.8. The Morgan fingerprint density at radius 3 is 2.58 bits per heavy atom. The number of rotatable bonds is 5. The number of amides is 1. The second-order valence-electron chi connectivity index (χ2n) is 10.6. The number of carboxylic acids is 1. The Morgan fingerprint density at radius 2 is 1.88 bits per heavy atom. The predicted octanol–water partition coefficient (Wildman–Crippen LogP) is 7.22. The van der Waals surface area contributed by atoms with Gasteiger partial charge in [-0.25, -0.2) is 0 Å². The fourth-order valence-electron chi connectivity index (χ4n) is 5.27. The van der Waals surface area contributed by atoms with E-state index in [0.29, 0.717) is 34.8 Å². The molecule has 5 rings (SSSR count). The summed E-state index contributed by atoms with van der Waals surface area (Å²) in [6.45, 7) is 3.94. The summed E-state index contributed by atoms with van der Waals surface area (Å²) in [5.74, 6) is -1.43. The molecule has 10 heteroatoms. The van der Waals surface area contributed by atoms with Crippen molar-refractivity contribution < 1.29 is 29.3 Å². The lowest BCUT2D eigenvalue weighted by Crippen LogP contribution is -2.40. The summed E-state index contributed by atoms with van der Waals surface area (Å²) in [5.41, 5.74) is 1.33. The summed E-state index contributed by atoms with van der Waals surface area (Å²) < 4.78 is 6.74. The van der Waals surface area contributed by atoms with Crippen LogP contribution in [-0.4, -0.2) is 27.9 Å². The first kappa shape index (κ1) is 27.7. The molecule has 0 aromatic heterocycles. The van der Waals surface area contributed by atoms with E-state index < -0.39 is 24.3 Å². The largest absolute Gasteiger partial charge is 0.506 e. The number of phenols is 1. The highest BCUT2D eigenvalue weighted by Crippen LogP contribution is 2.51. The summed E-state index contributed by atoms with van der Waals surface area (Å²) in [7, 11) is 0. The Labute approximate surface area is 244 Å². The third-order valence-electron chi connectivity index (χ3n) is 6.91. The van der Waals surface area contributed by atoms with Gasteiger partial charge < -0.3 is 20.3 Å². The van der Waals surface area contributed by atoms with E-state index in [1.165, 1.54) is 11.0 Å². The highest BCUT2D eigenvalue weighted by molar-refractivity contribution is 9.10. The number of nitrogens with one attached hydrogen (secondary N) is 1. The van der Waals surface area contributed by atoms with Crippen molar-refractivity contribution in [2.75, 3.05) is 10.2 Å². The first-order chi connectivity index (χ1) is 18.9. The van der Waals surface area contributed by atoms with Gasteiger partial charge in [0.15, 0.2) is 5.78 Å². The van der Waals surface area contributed by atoms with Crippen LogP contribution < -0.4 is 15.0 Å². The standard InChI is InChI=1S/C30H26BrClN2O6/c1-30(2)14-20-27(23(36)15-30)29(17-11-10-16(12-19(17)32)40-24-9-4-3-6-18(24)31)34(25(37)13-26(38)39)21-7-5-8-22(35)28(21)33-20/h3-12,29,33,35H,13-15H2,1-2H3,(H,38,39)/t29-/m0/s1. The molecule has 1 amide bonds. The fraction of sp³-hybridized carbons (Fsp3) is 0.233. The van der Waals surface area contributed by atoms with Crippen LogP contribution in [0.3, 0.4) is 0 Å². The number of para-hydroxylation sites is 2. The van der Waals surface area contributed by atoms with Crippen LogP contribution in [0.4, 0.5) is 11.4 Å². The molecule has 3 N–H and O–H groups in total. The van der Waals surface area contributed by atoms with E-state index >= 15 is 0 Å². The zero-order chi connectivity index (χ0) is 28.8. The Morgan fingerprint density at radius 1 is 1.12 bits per heavy atom. The summed E-state index contributed by atoms with van der Waals surface area (Å²) >= 11 is 10.3. The van der Waals surface area contributed by atoms with Gasteiger partial charge in [0.2, 0.25) is 5.91 Å². The summed E-state index contributed by atoms with van der Waals surface area (Å²) in [4.78, 5) is 40.3. The zero-order valence-electron chi connectivity index (χ0n) is 21.7. The number of hydrogen-bond donors (Lipinski definition) is 3. The average molecular weight is 626 g/mol. The second kappa shape index (κ2) is 10.6. The van der Waals surface area contributed by atoms with E-state index in [1.54, 1.807) is 36.4 Å². The number of aliphatic carboxylic acids is 1. The molecule has 0 unspecified atom stereocenters. The van der Waals surface area contributed by atoms with Crippen LogP contribution in [0, 0.1) is 5.41 Å². The van der Waals surface area contributed by atoms with Gasteiger partial charge in [0, 0.05) is 22.7 Å². The van der Waals surface area contributed by atoms with Gasteiger partial charge in [0.25, 0.3) is 0 Å². The maximum absolute atomic E-state index is 13.8. The number of aromatic hydroxyl groups is 1. The van der Waals surface area contributed by atoms with Crippen LogP contribution in [-0.2, 0) is 14.4 Å². The number of carbonyl (C=O) groups is 3. The minimum absolute atomic E-state index is 0.141. The molecular formula is C30H26BrClN2O6. The average Bonchev–Trinajstić information content (AvgIpc) is 3.00. The van der Waals surface area contributed by atoms with E-state index in [1.807, 2.05) is 32.0 Å². The first-order valence-corrected chi connectivity index (χ1v) is 13.7. The van der Waals surface area contributed by atoms with E-state index in [2.05, 4.69) is 21.2 Å². The molecule has 1 aliphatic carbocycles. The van der Waals surface area contributed by atoms with Crippen molar-refractivity contribution >= 4 is 56.6 Å². The first-order valence-electron chi connectivity index (χ1n) is 12.6. The highest BCUT2D eigenvalue weighted by atomic mass is 79.9. The van der Waals surface area contributed by atoms with Crippen molar-refractivity contribution in [1.82, 2.24) is 0 Å². The molecule has 0 saturated carbocycles. The normalized spacial score (nSPS) is 17.9. The maximum atomic E-state index is 13.8. The van der Waals surface area contributed by atoms with Crippen molar-refractivity contribution in [3.63, 3.8) is 0 Å². The maximum Gasteiger partial charge on any atom is 0.312 e. The van der Waals surface area contributed by atoms with Crippen molar-refractivity contribution in [2.45, 2.75) is 39.2 Å². The number of halogens is 2. The quantitative estimate of drug-likeness (QED) is 0.203. The van der Waals surface area contributed by atoms with Gasteiger partial charge in [-0.2, -0.15) is 0 Å². The Kier molecular flexibility index (Phi) is 7.37. The van der Waals surface area contributed by atoms with Crippen LogP contribution in [0.1, 0.15) is 44.7 Å². The molecule has 3 aromatic rings. The number of phenolic OH excluding ortho intramolecular Hbond substituents is 1. The SMILES string of the molecule is CC1(C)CC(=O)C2=C(C1)Nc1c(O)cccc1N(C(=O)CC(=O)O)[C@H]2c1ccc(Oc2ccccc2Br)cc1Cl. The molecule has 1 aliphatic heterocycles. The van der Waals surface area contributed by atoms with Gasteiger partial charge >= 0.3 is 5.97 Å². The molecular weight excluding hydrogens is 600 g/mol. The van der Waals surface area contributed by atoms with Gasteiger partial charge in [0.05, 0.1) is 16.2 Å². The molecule has 2 aliphatic rings. The smallest absolute Gasteiger partial charge is 0.312 e. The van der Waals surface area contributed by atoms with Crippen LogP contribution in [0.25, 0.3) is 0 Å². The minimum Gasteiger partial charge on any atom is -0.506 e. The number of fused-ring (bicyclic) bond motifs is 1. The van der Waals surface area contributed by atoms with Crippen LogP contribution >= 0.6 is 27.5 Å². The van der Waals surface area contributed by atoms with Crippen molar-refractivity contribution in [3.05, 3.63) is 87.0 Å². The summed E-state index contributed by atoms with van der Waals surface area (Å²) in [6.07, 6.45) is -0.150. The monoisotopic (exact) mass is 624 g/mol.